The van der Waals surface area contributed by atoms with Gasteiger partial charge in [0.1, 0.15) is 0 Å². The Labute approximate surface area is 308 Å². The molecular weight excluding hydrogens is 637 g/mol. The molecule has 0 aliphatic heterocycles. The zero-order valence-electron chi connectivity index (χ0n) is 29.0. The second kappa shape index (κ2) is 10.6. The summed E-state index contributed by atoms with van der Waals surface area (Å²) in [5.74, 6) is 0. The van der Waals surface area contributed by atoms with Crippen LogP contribution in [0.2, 0.25) is 0 Å². The van der Waals surface area contributed by atoms with Crippen LogP contribution in [0.3, 0.4) is 0 Å². The predicted molar refractivity (Wildman–Crippen MR) is 224 cm³/mol. The molecular formula is C53H32. The van der Waals surface area contributed by atoms with Gasteiger partial charge in [-0.15, -0.1) is 0 Å². The first kappa shape index (κ1) is 28.9. The summed E-state index contributed by atoms with van der Waals surface area (Å²) in [6.45, 7) is 0. The van der Waals surface area contributed by atoms with Crippen LogP contribution in [0.1, 0.15) is 22.3 Å². The lowest BCUT2D eigenvalue weighted by atomic mass is 9.69. The van der Waals surface area contributed by atoms with Crippen molar-refractivity contribution in [1.29, 1.82) is 0 Å². The van der Waals surface area contributed by atoms with Crippen molar-refractivity contribution in [3.8, 4) is 44.5 Å². The minimum absolute atomic E-state index is 0.396. The van der Waals surface area contributed by atoms with Gasteiger partial charge >= 0.3 is 0 Å². The summed E-state index contributed by atoms with van der Waals surface area (Å²) in [7, 11) is 0. The Kier molecular flexibility index (Phi) is 5.80. The smallest absolute Gasteiger partial charge is 0.0619 e. The molecule has 1 spiro atoms. The van der Waals surface area contributed by atoms with Crippen molar-refractivity contribution in [3.05, 3.63) is 216 Å². The molecule has 0 nitrogen and oxygen atoms in total. The molecule has 0 fully saturated rings. The first-order valence-electron chi connectivity index (χ1n) is 18.6. The van der Waals surface area contributed by atoms with Crippen LogP contribution in [0.15, 0.2) is 194 Å². The lowest BCUT2D eigenvalue weighted by Gasteiger charge is -2.31. The first-order chi connectivity index (χ1) is 26.3. The Morgan fingerprint density at radius 2 is 0.792 bits per heavy atom. The van der Waals surface area contributed by atoms with E-state index in [2.05, 4.69) is 194 Å². The molecule has 0 unspecified atom stereocenters. The molecule has 0 aromatic heterocycles. The first-order valence-corrected chi connectivity index (χ1v) is 18.6. The maximum absolute atomic E-state index is 2.48. The monoisotopic (exact) mass is 668 g/mol. The molecule has 53 heavy (non-hydrogen) atoms. The number of rotatable bonds is 2. The molecule has 0 radical (unpaired) electrons. The van der Waals surface area contributed by atoms with E-state index in [4.69, 9.17) is 0 Å². The van der Waals surface area contributed by atoms with Crippen molar-refractivity contribution in [2.24, 2.45) is 0 Å². The van der Waals surface area contributed by atoms with Gasteiger partial charge in [0.2, 0.25) is 0 Å². The maximum Gasteiger partial charge on any atom is 0.0731 e. The van der Waals surface area contributed by atoms with E-state index in [1.54, 1.807) is 0 Å². The Morgan fingerprint density at radius 1 is 0.245 bits per heavy atom. The van der Waals surface area contributed by atoms with Gasteiger partial charge in [-0.1, -0.05) is 170 Å². The Morgan fingerprint density at radius 3 is 1.55 bits per heavy atom. The number of hydrogen-bond acceptors (Lipinski definition) is 0. The minimum Gasteiger partial charge on any atom is -0.0619 e. The van der Waals surface area contributed by atoms with Crippen LogP contribution in [-0.2, 0) is 5.41 Å². The molecule has 2 aliphatic carbocycles. The molecule has 0 saturated carbocycles. The average Bonchev–Trinajstić information content (AvgIpc) is 3.69. The minimum atomic E-state index is -0.396. The standard InChI is InChI=1S/C53H32/c1-2-12-36-32-51-48(30-35(36)11-1)46-28-26-39-29-37(25-27-41(39)52(46)53(51)49-19-9-7-17-44(49)45-18-8-10-20-50(45)53)33-21-23-34(24-22-33)47-31-38-13-3-4-14-40(38)42-15-5-6-16-43(42)47/h1-32H. The molecule has 10 aromatic carbocycles. The van der Waals surface area contributed by atoms with Crippen molar-refractivity contribution < 1.29 is 0 Å². The van der Waals surface area contributed by atoms with Crippen LogP contribution in [-0.4, -0.2) is 0 Å². The Hall–Kier alpha value is -6.76. The lowest BCUT2D eigenvalue weighted by Crippen LogP contribution is -2.26. The summed E-state index contributed by atoms with van der Waals surface area (Å²) in [4.78, 5) is 0. The van der Waals surface area contributed by atoms with Gasteiger partial charge < -0.3 is 0 Å². The van der Waals surface area contributed by atoms with E-state index in [-0.39, 0.29) is 0 Å². The molecule has 0 amide bonds. The van der Waals surface area contributed by atoms with Crippen LogP contribution in [0.4, 0.5) is 0 Å². The van der Waals surface area contributed by atoms with Crippen molar-refractivity contribution >= 4 is 43.1 Å². The van der Waals surface area contributed by atoms with Gasteiger partial charge in [0.05, 0.1) is 5.41 Å². The fourth-order valence-corrected chi connectivity index (χ4v) is 9.98. The quantitative estimate of drug-likeness (QED) is 0.161. The largest absolute Gasteiger partial charge is 0.0731 e. The highest BCUT2D eigenvalue weighted by atomic mass is 14.5. The zero-order valence-corrected chi connectivity index (χ0v) is 29.0. The third-order valence-electron chi connectivity index (χ3n) is 12.2. The molecule has 0 heteroatoms. The van der Waals surface area contributed by atoms with E-state index in [1.807, 2.05) is 0 Å². The molecule has 0 saturated heterocycles. The van der Waals surface area contributed by atoms with E-state index >= 15 is 0 Å². The summed E-state index contributed by atoms with van der Waals surface area (Å²) in [6, 6.07) is 72.8. The average molecular weight is 669 g/mol. The SMILES string of the molecule is c1ccc2c(c1)-c1ccccc1C21c2cc3ccccc3cc2-c2ccc3cc(-c4ccc(-c5cc6ccccc6c6ccccc56)cc4)ccc3c21. The second-order valence-corrected chi connectivity index (χ2v) is 14.8. The normalized spacial score (nSPS) is 13.4. The highest BCUT2D eigenvalue weighted by Crippen LogP contribution is 2.64. The molecule has 0 heterocycles. The molecule has 0 atom stereocenters. The number of benzene rings is 10. The van der Waals surface area contributed by atoms with Gasteiger partial charge in [-0.25, -0.2) is 0 Å². The summed E-state index contributed by atoms with van der Waals surface area (Å²) < 4.78 is 0. The summed E-state index contributed by atoms with van der Waals surface area (Å²) in [6.07, 6.45) is 0. The fraction of sp³-hybridized carbons (Fsp3) is 0.0189. The van der Waals surface area contributed by atoms with Gasteiger partial charge in [-0.3, -0.25) is 0 Å². The lowest BCUT2D eigenvalue weighted by molar-refractivity contribution is 0.802. The third kappa shape index (κ3) is 3.85. The molecule has 0 N–H and O–H groups in total. The van der Waals surface area contributed by atoms with E-state index in [0.29, 0.717) is 0 Å². The maximum atomic E-state index is 2.48. The molecule has 12 rings (SSSR count). The van der Waals surface area contributed by atoms with Crippen LogP contribution < -0.4 is 0 Å². The number of hydrogen-bond donors (Lipinski definition) is 0. The summed E-state index contributed by atoms with van der Waals surface area (Å²) in [5, 5.41) is 10.3. The van der Waals surface area contributed by atoms with Crippen molar-refractivity contribution in [3.63, 3.8) is 0 Å². The summed E-state index contributed by atoms with van der Waals surface area (Å²) >= 11 is 0. The predicted octanol–water partition coefficient (Wildman–Crippen LogP) is 14.0. The van der Waals surface area contributed by atoms with Crippen LogP contribution in [0.25, 0.3) is 87.6 Å². The second-order valence-electron chi connectivity index (χ2n) is 14.8. The molecule has 2 aliphatic rings. The number of fused-ring (bicyclic) bond motifs is 16. The Bertz CT molecular complexity index is 3120. The van der Waals surface area contributed by atoms with Crippen molar-refractivity contribution in [1.82, 2.24) is 0 Å². The van der Waals surface area contributed by atoms with Gasteiger partial charge in [-0.05, 0) is 134 Å². The van der Waals surface area contributed by atoms with Crippen LogP contribution >= 0.6 is 0 Å². The topological polar surface area (TPSA) is 0 Å². The van der Waals surface area contributed by atoms with E-state index in [9.17, 15) is 0 Å². The van der Waals surface area contributed by atoms with Gasteiger partial charge in [-0.2, -0.15) is 0 Å². The van der Waals surface area contributed by atoms with Crippen molar-refractivity contribution in [2.75, 3.05) is 0 Å². The molecule has 0 bridgehead atoms. The fourth-order valence-electron chi connectivity index (χ4n) is 9.98. The molecule has 244 valence electrons. The third-order valence-corrected chi connectivity index (χ3v) is 12.2. The van der Waals surface area contributed by atoms with E-state index < -0.39 is 5.41 Å². The highest BCUT2D eigenvalue weighted by Gasteiger charge is 2.52. The summed E-state index contributed by atoms with van der Waals surface area (Å²) in [5.41, 5.74) is 15.5. The van der Waals surface area contributed by atoms with Gasteiger partial charge in [0, 0.05) is 0 Å². The Balaban J connectivity index is 1.05. The van der Waals surface area contributed by atoms with E-state index in [0.717, 1.165) is 0 Å². The van der Waals surface area contributed by atoms with E-state index in [1.165, 1.54) is 110 Å². The van der Waals surface area contributed by atoms with Crippen molar-refractivity contribution in [2.45, 2.75) is 5.41 Å². The molecule has 10 aromatic rings. The zero-order chi connectivity index (χ0) is 34.7. The van der Waals surface area contributed by atoms with Gasteiger partial charge in [0.25, 0.3) is 0 Å². The highest BCUT2D eigenvalue weighted by molar-refractivity contribution is 6.14. The van der Waals surface area contributed by atoms with Crippen LogP contribution in [0, 0.1) is 0 Å². The van der Waals surface area contributed by atoms with Gasteiger partial charge in [0.15, 0.2) is 0 Å². The van der Waals surface area contributed by atoms with Crippen LogP contribution in [0.5, 0.6) is 0 Å².